The molecule has 3 aliphatic heterocycles. The summed E-state index contributed by atoms with van der Waals surface area (Å²) >= 11 is 0. The van der Waals surface area contributed by atoms with Crippen molar-refractivity contribution in [2.24, 2.45) is 0 Å². The molecule has 3 heterocycles. The first-order valence-corrected chi connectivity index (χ1v) is 7.56. The van der Waals surface area contributed by atoms with E-state index >= 15 is 0 Å². The van der Waals surface area contributed by atoms with Crippen LogP contribution < -0.4 is 0 Å². The lowest BCUT2D eigenvalue weighted by Gasteiger charge is -2.26. The van der Waals surface area contributed by atoms with Gasteiger partial charge >= 0.3 is 0 Å². The van der Waals surface area contributed by atoms with Crippen molar-refractivity contribution in [3.05, 3.63) is 0 Å². The molecule has 4 atom stereocenters. The smallest absolute Gasteiger partial charge is 0.164 e. The van der Waals surface area contributed by atoms with Crippen molar-refractivity contribution in [2.45, 2.75) is 83.3 Å². The van der Waals surface area contributed by atoms with E-state index in [0.717, 1.165) is 0 Å². The molecule has 0 bridgehead atoms. The molecule has 6 heteroatoms. The van der Waals surface area contributed by atoms with Gasteiger partial charge in [0, 0.05) is 0 Å². The van der Waals surface area contributed by atoms with Crippen molar-refractivity contribution in [1.29, 1.82) is 0 Å². The second kappa shape index (κ2) is 4.88. The lowest BCUT2D eigenvalue weighted by Crippen LogP contribution is -2.45. The van der Waals surface area contributed by atoms with Crippen molar-refractivity contribution >= 4 is 0 Å². The van der Waals surface area contributed by atoms with Crippen LogP contribution in [0.2, 0.25) is 0 Å². The average molecular weight is 302 g/mol. The second-order valence-electron chi connectivity index (χ2n) is 7.30. The molecule has 0 saturated carbocycles. The highest BCUT2D eigenvalue weighted by Gasteiger charge is 2.54. The van der Waals surface area contributed by atoms with Crippen LogP contribution in [0.5, 0.6) is 0 Å². The van der Waals surface area contributed by atoms with Gasteiger partial charge in [0.2, 0.25) is 0 Å². The Morgan fingerprint density at radius 3 is 1.24 bits per heavy atom. The van der Waals surface area contributed by atoms with E-state index in [1.54, 1.807) is 0 Å². The van der Waals surface area contributed by atoms with Gasteiger partial charge in [-0.1, -0.05) is 0 Å². The highest BCUT2D eigenvalue weighted by atomic mass is 16.8. The monoisotopic (exact) mass is 302 g/mol. The predicted molar refractivity (Wildman–Crippen MR) is 73.6 cm³/mol. The van der Waals surface area contributed by atoms with Gasteiger partial charge < -0.3 is 28.4 Å². The molecule has 0 amide bonds. The van der Waals surface area contributed by atoms with E-state index in [9.17, 15) is 0 Å². The zero-order valence-electron chi connectivity index (χ0n) is 13.7. The molecule has 21 heavy (non-hydrogen) atoms. The SMILES string of the molecule is CC1(C)O[C@@H]([C@H]2COC(C)(C)O2)[C@H]([C@H]2COC(C)(C)O2)O1. The van der Waals surface area contributed by atoms with Gasteiger partial charge in [-0.2, -0.15) is 0 Å². The Hall–Kier alpha value is -0.240. The molecule has 0 aromatic heterocycles. The van der Waals surface area contributed by atoms with Crippen LogP contribution in [-0.4, -0.2) is 55.0 Å². The highest BCUT2D eigenvalue weighted by molar-refractivity contribution is 4.96. The van der Waals surface area contributed by atoms with Gasteiger partial charge in [-0.3, -0.25) is 0 Å². The minimum atomic E-state index is -0.665. The third-order valence-electron chi connectivity index (χ3n) is 3.96. The molecular formula is C15H26O6. The van der Waals surface area contributed by atoms with Crippen LogP contribution in [0.1, 0.15) is 41.5 Å². The molecule has 0 radical (unpaired) electrons. The van der Waals surface area contributed by atoms with E-state index in [-0.39, 0.29) is 24.4 Å². The third-order valence-corrected chi connectivity index (χ3v) is 3.96. The largest absolute Gasteiger partial charge is 0.348 e. The second-order valence-corrected chi connectivity index (χ2v) is 7.30. The molecule has 3 rings (SSSR count). The number of ether oxygens (including phenoxy) is 6. The van der Waals surface area contributed by atoms with Crippen LogP contribution in [0, 0.1) is 0 Å². The summed E-state index contributed by atoms with van der Waals surface area (Å²) in [5, 5.41) is 0. The van der Waals surface area contributed by atoms with Crippen molar-refractivity contribution < 1.29 is 28.4 Å². The molecular weight excluding hydrogens is 276 g/mol. The third kappa shape index (κ3) is 3.25. The van der Waals surface area contributed by atoms with Crippen LogP contribution >= 0.6 is 0 Å². The van der Waals surface area contributed by atoms with Crippen molar-refractivity contribution in [1.82, 2.24) is 0 Å². The molecule has 0 aliphatic carbocycles. The Kier molecular flexibility index (Phi) is 3.63. The molecule has 3 saturated heterocycles. The quantitative estimate of drug-likeness (QED) is 0.775. The minimum Gasteiger partial charge on any atom is -0.348 e. The maximum Gasteiger partial charge on any atom is 0.164 e. The van der Waals surface area contributed by atoms with E-state index < -0.39 is 17.4 Å². The van der Waals surface area contributed by atoms with Gasteiger partial charge in [-0.05, 0) is 41.5 Å². The Bertz CT molecular complexity index is 369. The first kappa shape index (κ1) is 15.6. The van der Waals surface area contributed by atoms with Crippen LogP contribution in [-0.2, 0) is 28.4 Å². The summed E-state index contributed by atoms with van der Waals surface area (Å²) in [4.78, 5) is 0. The number of hydrogen-bond acceptors (Lipinski definition) is 6. The Morgan fingerprint density at radius 2 is 0.952 bits per heavy atom. The van der Waals surface area contributed by atoms with E-state index in [1.807, 2.05) is 41.5 Å². The fraction of sp³-hybridized carbons (Fsp3) is 1.00. The molecule has 6 nitrogen and oxygen atoms in total. The molecule has 0 aromatic carbocycles. The maximum absolute atomic E-state index is 6.06. The highest BCUT2D eigenvalue weighted by Crippen LogP contribution is 2.39. The van der Waals surface area contributed by atoms with E-state index in [4.69, 9.17) is 28.4 Å². The number of rotatable bonds is 2. The molecule has 3 aliphatic rings. The van der Waals surface area contributed by atoms with Crippen molar-refractivity contribution in [2.75, 3.05) is 13.2 Å². The van der Waals surface area contributed by atoms with Gasteiger partial charge in [0.05, 0.1) is 13.2 Å². The summed E-state index contributed by atoms with van der Waals surface area (Å²) in [5.41, 5.74) is 0. The van der Waals surface area contributed by atoms with E-state index in [0.29, 0.717) is 13.2 Å². The topological polar surface area (TPSA) is 55.4 Å². The van der Waals surface area contributed by atoms with Gasteiger partial charge in [0.25, 0.3) is 0 Å². The lowest BCUT2D eigenvalue weighted by atomic mass is 10.0. The first-order chi connectivity index (χ1) is 9.57. The first-order valence-electron chi connectivity index (χ1n) is 7.56. The Balaban J connectivity index is 1.75. The van der Waals surface area contributed by atoms with Crippen LogP contribution in [0.25, 0.3) is 0 Å². The summed E-state index contributed by atoms with van der Waals surface area (Å²) in [6.07, 6.45) is -0.799. The zero-order valence-corrected chi connectivity index (χ0v) is 13.7. The summed E-state index contributed by atoms with van der Waals surface area (Å²) < 4.78 is 35.3. The van der Waals surface area contributed by atoms with Gasteiger partial charge in [0.15, 0.2) is 17.4 Å². The van der Waals surface area contributed by atoms with Crippen molar-refractivity contribution in [3.8, 4) is 0 Å². The normalized spacial score (nSPS) is 44.3. The summed E-state index contributed by atoms with van der Waals surface area (Å²) in [6.45, 7) is 12.4. The molecule has 0 unspecified atom stereocenters. The van der Waals surface area contributed by atoms with E-state index in [1.165, 1.54) is 0 Å². The summed E-state index contributed by atoms with van der Waals surface area (Å²) in [6, 6.07) is 0. The fourth-order valence-electron chi connectivity index (χ4n) is 3.15. The number of hydrogen-bond donors (Lipinski definition) is 0. The van der Waals surface area contributed by atoms with Crippen LogP contribution in [0.4, 0.5) is 0 Å². The maximum atomic E-state index is 6.06. The lowest BCUT2D eigenvalue weighted by molar-refractivity contribution is -0.178. The van der Waals surface area contributed by atoms with Gasteiger partial charge in [-0.25, -0.2) is 0 Å². The predicted octanol–water partition coefficient (Wildman–Crippen LogP) is 1.81. The standard InChI is InChI=1S/C15H26O6/c1-13(2)16-7-9(18-13)11-12(21-15(5,6)20-11)10-8-17-14(3,4)19-10/h9-12H,7-8H2,1-6H3/t9-,10-,11+,12+/m1/s1. The Labute approximate surface area is 126 Å². The molecule has 0 aromatic rings. The average Bonchev–Trinajstić information content (AvgIpc) is 2.94. The van der Waals surface area contributed by atoms with Gasteiger partial charge in [-0.15, -0.1) is 0 Å². The molecule has 3 fully saturated rings. The molecule has 122 valence electrons. The van der Waals surface area contributed by atoms with Crippen molar-refractivity contribution in [3.63, 3.8) is 0 Å². The fourth-order valence-corrected chi connectivity index (χ4v) is 3.15. The minimum absolute atomic E-state index is 0.168. The van der Waals surface area contributed by atoms with Crippen LogP contribution in [0.3, 0.4) is 0 Å². The molecule has 0 N–H and O–H groups in total. The summed E-state index contributed by atoms with van der Waals surface area (Å²) in [5.74, 6) is -1.84. The van der Waals surface area contributed by atoms with Gasteiger partial charge in [0.1, 0.15) is 24.4 Å². The molecule has 0 spiro atoms. The Morgan fingerprint density at radius 1 is 0.571 bits per heavy atom. The van der Waals surface area contributed by atoms with Crippen LogP contribution in [0.15, 0.2) is 0 Å². The zero-order chi connectivity index (χ0) is 15.5. The summed E-state index contributed by atoms with van der Waals surface area (Å²) in [7, 11) is 0. The van der Waals surface area contributed by atoms with E-state index in [2.05, 4.69) is 0 Å².